The Kier molecular flexibility index (Phi) is 6.18. The molecule has 2 atom stereocenters. The van der Waals surface area contributed by atoms with E-state index in [4.69, 9.17) is 4.74 Å². The van der Waals surface area contributed by atoms with Crippen LogP contribution >= 0.6 is 11.8 Å². The molecule has 1 aromatic heterocycles. The molecule has 152 valence electrons. The van der Waals surface area contributed by atoms with Gasteiger partial charge in [0, 0.05) is 43.2 Å². The van der Waals surface area contributed by atoms with Crippen molar-refractivity contribution in [3.8, 4) is 11.4 Å². The van der Waals surface area contributed by atoms with E-state index in [1.165, 1.54) is 11.3 Å². The maximum atomic E-state index is 6.29. The van der Waals surface area contributed by atoms with Crippen LogP contribution in [0.15, 0.2) is 59.8 Å². The Morgan fingerprint density at radius 1 is 1.10 bits per heavy atom. The van der Waals surface area contributed by atoms with Crippen molar-refractivity contribution in [2.45, 2.75) is 31.0 Å². The van der Waals surface area contributed by atoms with E-state index in [9.17, 15) is 0 Å². The summed E-state index contributed by atoms with van der Waals surface area (Å²) < 4.78 is 8.46. The van der Waals surface area contributed by atoms with Crippen LogP contribution in [0.25, 0.3) is 11.4 Å². The fraction of sp³-hybridized carbons (Fsp3) is 0.364. The molecule has 6 nitrogen and oxygen atoms in total. The number of anilines is 1. The Morgan fingerprint density at radius 2 is 1.86 bits per heavy atom. The molecule has 7 heteroatoms. The molecule has 0 aliphatic carbocycles. The van der Waals surface area contributed by atoms with Gasteiger partial charge in [0.15, 0.2) is 11.0 Å². The Bertz CT molecular complexity index is 926. The third-order valence-electron chi connectivity index (χ3n) is 5.15. The summed E-state index contributed by atoms with van der Waals surface area (Å²) in [5, 5.41) is 12.1. The smallest absolute Gasteiger partial charge is 0.217 e. The van der Waals surface area contributed by atoms with E-state index < -0.39 is 0 Å². The van der Waals surface area contributed by atoms with E-state index in [2.05, 4.69) is 82.4 Å². The van der Waals surface area contributed by atoms with Gasteiger partial charge in [-0.2, -0.15) is 0 Å². The normalized spacial score (nSPS) is 18.9. The topological polar surface area (TPSA) is 59.8 Å². The minimum atomic E-state index is 0.0701. The second-order valence-electron chi connectivity index (χ2n) is 7.36. The third-order valence-corrected chi connectivity index (χ3v) is 6.25. The maximum absolute atomic E-state index is 6.29. The van der Waals surface area contributed by atoms with Crippen molar-refractivity contribution in [3.63, 3.8) is 0 Å². The van der Waals surface area contributed by atoms with Gasteiger partial charge in [-0.3, -0.25) is 0 Å². The zero-order chi connectivity index (χ0) is 20.2. The van der Waals surface area contributed by atoms with Gasteiger partial charge < -0.3 is 19.5 Å². The largest absolute Gasteiger partial charge is 0.378 e. The maximum Gasteiger partial charge on any atom is 0.217 e. The molecule has 0 radical (unpaired) electrons. The lowest BCUT2D eigenvalue weighted by Gasteiger charge is -2.14. The van der Waals surface area contributed by atoms with Crippen LogP contribution in [0.5, 0.6) is 0 Å². The van der Waals surface area contributed by atoms with Crippen LogP contribution in [-0.2, 0) is 11.3 Å². The molecule has 2 aromatic carbocycles. The van der Waals surface area contributed by atoms with Crippen LogP contribution < -0.4 is 10.2 Å². The Hall–Kier alpha value is -2.35. The molecule has 0 saturated carbocycles. The SMILES string of the molecule is CCn1c(SC[C@@H]2C[NH2+][C@H](c3ccc(N(C)C)cc3)O2)nnc1-c1ccccc1. The van der Waals surface area contributed by atoms with Gasteiger partial charge in [0.2, 0.25) is 6.23 Å². The molecule has 29 heavy (non-hydrogen) atoms. The average molecular weight is 411 g/mol. The first-order valence-electron chi connectivity index (χ1n) is 10.0. The van der Waals surface area contributed by atoms with Crippen molar-refractivity contribution in [2.24, 2.45) is 0 Å². The van der Waals surface area contributed by atoms with E-state index in [0.717, 1.165) is 35.4 Å². The summed E-state index contributed by atoms with van der Waals surface area (Å²) in [7, 11) is 4.11. The molecule has 1 fully saturated rings. The highest BCUT2D eigenvalue weighted by molar-refractivity contribution is 7.99. The predicted octanol–water partition coefficient (Wildman–Crippen LogP) is 2.78. The van der Waals surface area contributed by atoms with Crippen molar-refractivity contribution in [3.05, 3.63) is 60.2 Å². The summed E-state index contributed by atoms with van der Waals surface area (Å²) in [5.41, 5.74) is 3.51. The second kappa shape index (κ2) is 8.98. The summed E-state index contributed by atoms with van der Waals surface area (Å²) in [6.45, 7) is 3.93. The van der Waals surface area contributed by atoms with Gasteiger partial charge >= 0.3 is 0 Å². The van der Waals surface area contributed by atoms with Crippen LogP contribution in [0.1, 0.15) is 18.7 Å². The Balaban J connectivity index is 1.37. The number of nitrogens with zero attached hydrogens (tertiary/aromatic N) is 4. The summed E-state index contributed by atoms with van der Waals surface area (Å²) in [5.74, 6) is 1.80. The van der Waals surface area contributed by atoms with Gasteiger partial charge in [-0.05, 0) is 31.2 Å². The number of aromatic nitrogens is 3. The van der Waals surface area contributed by atoms with Gasteiger partial charge in [0.05, 0.1) is 0 Å². The zero-order valence-corrected chi connectivity index (χ0v) is 18.0. The molecule has 4 rings (SSSR count). The summed E-state index contributed by atoms with van der Waals surface area (Å²) in [6, 6.07) is 18.8. The van der Waals surface area contributed by atoms with Crippen LogP contribution in [-0.4, -0.2) is 47.3 Å². The number of nitrogens with two attached hydrogens (primary N) is 1. The molecule has 3 aromatic rings. The van der Waals surface area contributed by atoms with Gasteiger partial charge in [-0.25, -0.2) is 0 Å². The zero-order valence-electron chi connectivity index (χ0n) is 17.2. The molecule has 2 heterocycles. The first-order chi connectivity index (χ1) is 14.2. The molecule has 0 bridgehead atoms. The monoisotopic (exact) mass is 410 g/mol. The number of benzene rings is 2. The average Bonchev–Trinajstić information content (AvgIpc) is 3.39. The molecule has 1 saturated heterocycles. The van der Waals surface area contributed by atoms with E-state index in [1.54, 1.807) is 11.8 Å². The first kappa shape index (κ1) is 19.9. The van der Waals surface area contributed by atoms with Crippen molar-refractivity contribution >= 4 is 17.4 Å². The van der Waals surface area contributed by atoms with Gasteiger partial charge in [0.1, 0.15) is 12.6 Å². The summed E-state index contributed by atoms with van der Waals surface area (Å²) >= 11 is 1.73. The number of hydrogen-bond donors (Lipinski definition) is 1. The van der Waals surface area contributed by atoms with E-state index in [-0.39, 0.29) is 12.3 Å². The van der Waals surface area contributed by atoms with Crippen molar-refractivity contribution < 1.29 is 10.1 Å². The molecular weight excluding hydrogens is 382 g/mol. The second-order valence-corrected chi connectivity index (χ2v) is 8.35. The molecule has 0 unspecified atom stereocenters. The Morgan fingerprint density at radius 3 is 2.55 bits per heavy atom. The number of thioether (sulfide) groups is 1. The summed E-state index contributed by atoms with van der Waals surface area (Å²) in [4.78, 5) is 2.11. The molecule has 0 spiro atoms. The lowest BCUT2D eigenvalue weighted by atomic mass is 10.2. The first-order valence-corrected chi connectivity index (χ1v) is 11.0. The number of hydrogen-bond acceptors (Lipinski definition) is 5. The minimum Gasteiger partial charge on any atom is -0.378 e. The molecule has 0 amide bonds. The lowest BCUT2D eigenvalue weighted by molar-refractivity contribution is -0.697. The van der Waals surface area contributed by atoms with Crippen molar-refractivity contribution in [1.29, 1.82) is 0 Å². The number of ether oxygens (including phenoxy) is 1. The number of quaternary nitrogens is 1. The van der Waals surface area contributed by atoms with Crippen LogP contribution in [0.3, 0.4) is 0 Å². The van der Waals surface area contributed by atoms with Gasteiger partial charge in [0.25, 0.3) is 0 Å². The molecule has 1 aliphatic rings. The quantitative estimate of drug-likeness (QED) is 0.607. The molecular formula is C22H28N5OS+. The van der Waals surface area contributed by atoms with E-state index in [1.807, 2.05) is 18.2 Å². The van der Waals surface area contributed by atoms with Crippen molar-refractivity contribution in [2.75, 3.05) is 31.3 Å². The highest BCUT2D eigenvalue weighted by Gasteiger charge is 2.30. The predicted molar refractivity (Wildman–Crippen MR) is 117 cm³/mol. The fourth-order valence-electron chi connectivity index (χ4n) is 3.53. The molecule has 1 aliphatic heterocycles. The van der Waals surface area contributed by atoms with Crippen LogP contribution in [0, 0.1) is 0 Å². The van der Waals surface area contributed by atoms with Crippen LogP contribution in [0.2, 0.25) is 0 Å². The van der Waals surface area contributed by atoms with E-state index >= 15 is 0 Å². The lowest BCUT2D eigenvalue weighted by Crippen LogP contribution is -2.82. The highest BCUT2D eigenvalue weighted by atomic mass is 32.2. The van der Waals surface area contributed by atoms with Gasteiger partial charge in [-0.15, -0.1) is 10.2 Å². The number of rotatable bonds is 7. The standard InChI is InChI=1S/C22H27N5OS/c1-4-27-20(16-8-6-5-7-9-16)24-25-22(27)29-15-19-14-23-21(28-19)17-10-12-18(13-11-17)26(2)3/h5-13,19,21,23H,4,14-15H2,1-3H3/p+1/t19-,21-/m0/s1. The highest BCUT2D eigenvalue weighted by Crippen LogP contribution is 2.26. The Labute approximate surface area is 176 Å². The fourth-order valence-corrected chi connectivity index (χ4v) is 4.55. The van der Waals surface area contributed by atoms with E-state index in [0.29, 0.717) is 0 Å². The minimum absolute atomic E-state index is 0.0701. The van der Waals surface area contributed by atoms with Gasteiger partial charge in [-0.1, -0.05) is 42.1 Å². The third kappa shape index (κ3) is 4.47. The van der Waals surface area contributed by atoms with Crippen molar-refractivity contribution in [1.82, 2.24) is 14.8 Å². The molecule has 2 N–H and O–H groups in total. The summed E-state index contributed by atoms with van der Waals surface area (Å²) in [6.07, 6.45) is 0.265. The van der Waals surface area contributed by atoms with Crippen LogP contribution in [0.4, 0.5) is 5.69 Å².